The first-order valence-corrected chi connectivity index (χ1v) is 8.52. The smallest absolute Gasteiger partial charge is 0.178 e. The third kappa shape index (κ3) is 3.86. The highest BCUT2D eigenvalue weighted by atomic mass is 32.2. The highest BCUT2D eigenvalue weighted by molar-refractivity contribution is 7.91. The molecule has 0 radical (unpaired) electrons. The van der Waals surface area contributed by atoms with Crippen LogP contribution >= 0.6 is 0 Å². The molecule has 1 aromatic rings. The van der Waals surface area contributed by atoms with Crippen molar-refractivity contribution >= 4 is 9.84 Å². The van der Waals surface area contributed by atoms with Crippen LogP contribution in [-0.2, 0) is 9.84 Å². The number of rotatable bonds is 6. The molecule has 1 aromatic carbocycles. The maximum absolute atomic E-state index is 12.2. The molecule has 2 rings (SSSR count). The van der Waals surface area contributed by atoms with E-state index in [1.807, 2.05) is 6.92 Å². The molecular formula is C14H21NO4S. The fourth-order valence-corrected chi connectivity index (χ4v) is 3.48. The second-order valence-electron chi connectivity index (χ2n) is 5.10. The van der Waals surface area contributed by atoms with E-state index in [0.717, 1.165) is 12.8 Å². The number of unbranched alkanes of at least 4 members (excludes halogenated alkanes) is 1. The summed E-state index contributed by atoms with van der Waals surface area (Å²) in [5, 5.41) is 0. The molecule has 0 bridgehead atoms. The zero-order valence-electron chi connectivity index (χ0n) is 11.7. The Balaban J connectivity index is 2.02. The molecule has 0 saturated carbocycles. The first kappa shape index (κ1) is 15.1. The Morgan fingerprint density at radius 2 is 1.90 bits per heavy atom. The van der Waals surface area contributed by atoms with Crippen molar-refractivity contribution in [1.29, 1.82) is 0 Å². The average molecular weight is 299 g/mol. The van der Waals surface area contributed by atoms with Gasteiger partial charge >= 0.3 is 0 Å². The number of fused-ring (bicyclic) bond motifs is 1. The molecule has 1 heterocycles. The fraction of sp³-hybridized carbons (Fsp3) is 0.571. The van der Waals surface area contributed by atoms with E-state index in [9.17, 15) is 8.42 Å². The molecule has 0 fully saturated rings. The quantitative estimate of drug-likeness (QED) is 0.810. The van der Waals surface area contributed by atoms with Crippen LogP contribution < -0.4 is 15.2 Å². The summed E-state index contributed by atoms with van der Waals surface area (Å²) in [7, 11) is -3.27. The number of benzene rings is 1. The van der Waals surface area contributed by atoms with E-state index in [-0.39, 0.29) is 11.8 Å². The van der Waals surface area contributed by atoms with Crippen molar-refractivity contribution in [3.8, 4) is 11.5 Å². The molecule has 1 aliphatic rings. The van der Waals surface area contributed by atoms with E-state index in [1.54, 1.807) is 18.2 Å². The van der Waals surface area contributed by atoms with E-state index in [2.05, 4.69) is 0 Å². The SMILES string of the molecule is CC(N)CCCCS(=O)(=O)c1ccc2c(c1)OCCO2. The molecule has 1 unspecified atom stereocenters. The summed E-state index contributed by atoms with van der Waals surface area (Å²) >= 11 is 0. The minimum atomic E-state index is -3.27. The van der Waals surface area contributed by atoms with E-state index >= 15 is 0 Å². The van der Waals surface area contributed by atoms with Gasteiger partial charge in [-0.2, -0.15) is 0 Å². The average Bonchev–Trinajstić information content (AvgIpc) is 2.43. The molecule has 0 aromatic heterocycles. The van der Waals surface area contributed by atoms with Crippen LogP contribution in [0.15, 0.2) is 23.1 Å². The summed E-state index contributed by atoms with van der Waals surface area (Å²) < 4.78 is 35.3. The normalized spacial score (nSPS) is 15.9. The summed E-state index contributed by atoms with van der Waals surface area (Å²) in [5.41, 5.74) is 5.65. The van der Waals surface area contributed by atoms with E-state index in [0.29, 0.717) is 36.0 Å². The molecule has 112 valence electrons. The second-order valence-corrected chi connectivity index (χ2v) is 7.21. The van der Waals surface area contributed by atoms with E-state index < -0.39 is 9.84 Å². The van der Waals surface area contributed by atoms with Crippen molar-refractivity contribution in [2.24, 2.45) is 5.73 Å². The summed E-state index contributed by atoms with van der Waals surface area (Å²) in [5.74, 6) is 1.25. The van der Waals surface area contributed by atoms with Crippen LogP contribution in [0.25, 0.3) is 0 Å². The third-order valence-corrected chi connectivity index (χ3v) is 4.99. The molecule has 20 heavy (non-hydrogen) atoms. The fourth-order valence-electron chi connectivity index (χ4n) is 2.09. The number of hydrogen-bond acceptors (Lipinski definition) is 5. The van der Waals surface area contributed by atoms with Crippen molar-refractivity contribution in [2.45, 2.75) is 37.1 Å². The zero-order chi connectivity index (χ0) is 14.6. The molecule has 1 aliphatic heterocycles. The van der Waals surface area contributed by atoms with Crippen molar-refractivity contribution in [3.63, 3.8) is 0 Å². The lowest BCUT2D eigenvalue weighted by molar-refractivity contribution is 0.171. The summed E-state index contributed by atoms with van der Waals surface area (Å²) in [4.78, 5) is 0.294. The Morgan fingerprint density at radius 1 is 1.20 bits per heavy atom. The highest BCUT2D eigenvalue weighted by Gasteiger charge is 2.19. The lowest BCUT2D eigenvalue weighted by atomic mass is 10.2. The molecule has 6 heteroatoms. The predicted octanol–water partition coefficient (Wildman–Crippen LogP) is 1.75. The van der Waals surface area contributed by atoms with E-state index in [1.165, 1.54) is 0 Å². The molecule has 0 amide bonds. The monoisotopic (exact) mass is 299 g/mol. The van der Waals surface area contributed by atoms with Gasteiger partial charge in [-0.1, -0.05) is 6.42 Å². The minimum absolute atomic E-state index is 0.118. The third-order valence-electron chi connectivity index (χ3n) is 3.20. The highest BCUT2D eigenvalue weighted by Crippen LogP contribution is 2.32. The summed E-state index contributed by atoms with van der Waals surface area (Å²) in [6.45, 7) is 2.87. The van der Waals surface area contributed by atoms with Gasteiger partial charge in [0.15, 0.2) is 21.3 Å². The Morgan fingerprint density at radius 3 is 2.60 bits per heavy atom. The van der Waals surface area contributed by atoms with Crippen molar-refractivity contribution in [2.75, 3.05) is 19.0 Å². The van der Waals surface area contributed by atoms with Crippen molar-refractivity contribution < 1.29 is 17.9 Å². The topological polar surface area (TPSA) is 78.6 Å². The van der Waals surface area contributed by atoms with Crippen LogP contribution in [0.1, 0.15) is 26.2 Å². The maximum Gasteiger partial charge on any atom is 0.178 e. The lowest BCUT2D eigenvalue weighted by Crippen LogP contribution is -2.16. The van der Waals surface area contributed by atoms with Crippen LogP contribution in [0.4, 0.5) is 0 Å². The van der Waals surface area contributed by atoms with Crippen LogP contribution in [0.5, 0.6) is 11.5 Å². The maximum atomic E-state index is 12.2. The molecule has 0 saturated heterocycles. The first-order chi connectivity index (χ1) is 9.49. The Kier molecular flexibility index (Phi) is 4.88. The second kappa shape index (κ2) is 6.45. The number of hydrogen-bond donors (Lipinski definition) is 1. The van der Waals surface area contributed by atoms with Crippen molar-refractivity contribution in [3.05, 3.63) is 18.2 Å². The predicted molar refractivity (Wildman–Crippen MR) is 77.0 cm³/mol. The summed E-state index contributed by atoms with van der Waals surface area (Å²) in [6.07, 6.45) is 2.29. The van der Waals surface area contributed by atoms with Gasteiger partial charge in [-0.25, -0.2) is 8.42 Å². The van der Waals surface area contributed by atoms with E-state index in [4.69, 9.17) is 15.2 Å². The molecule has 0 spiro atoms. The first-order valence-electron chi connectivity index (χ1n) is 6.87. The van der Waals surface area contributed by atoms with Gasteiger partial charge in [-0.15, -0.1) is 0 Å². The minimum Gasteiger partial charge on any atom is -0.486 e. The van der Waals surface area contributed by atoms with Gasteiger partial charge in [0.1, 0.15) is 13.2 Å². The number of ether oxygens (including phenoxy) is 2. The van der Waals surface area contributed by atoms with Gasteiger partial charge in [-0.3, -0.25) is 0 Å². The van der Waals surface area contributed by atoms with Crippen LogP contribution in [0.2, 0.25) is 0 Å². The Hall–Kier alpha value is -1.27. The zero-order valence-corrected chi connectivity index (χ0v) is 12.5. The van der Waals surface area contributed by atoms with Gasteiger partial charge in [0.25, 0.3) is 0 Å². The molecule has 5 nitrogen and oxygen atoms in total. The van der Waals surface area contributed by atoms with Gasteiger partial charge in [0.05, 0.1) is 10.6 Å². The summed E-state index contributed by atoms with van der Waals surface area (Å²) in [6, 6.07) is 4.90. The number of sulfone groups is 1. The molecule has 2 N–H and O–H groups in total. The molecular weight excluding hydrogens is 278 g/mol. The lowest BCUT2D eigenvalue weighted by Gasteiger charge is -2.18. The van der Waals surface area contributed by atoms with Crippen molar-refractivity contribution in [1.82, 2.24) is 0 Å². The van der Waals surface area contributed by atoms with Crippen LogP contribution in [-0.4, -0.2) is 33.4 Å². The number of nitrogens with two attached hydrogens (primary N) is 1. The van der Waals surface area contributed by atoms with Gasteiger partial charge in [-0.05, 0) is 31.9 Å². The van der Waals surface area contributed by atoms with Crippen LogP contribution in [0.3, 0.4) is 0 Å². The Labute approximate surface area is 120 Å². The molecule has 1 atom stereocenters. The van der Waals surface area contributed by atoms with Gasteiger partial charge in [0.2, 0.25) is 0 Å². The Bertz CT molecular complexity index is 554. The largest absolute Gasteiger partial charge is 0.486 e. The van der Waals surface area contributed by atoms with Gasteiger partial charge in [0, 0.05) is 12.1 Å². The van der Waals surface area contributed by atoms with Crippen LogP contribution in [0, 0.1) is 0 Å². The molecule has 0 aliphatic carbocycles. The standard InChI is InChI=1S/C14H21NO4S/c1-11(15)4-2-3-9-20(16,17)12-5-6-13-14(10-12)19-8-7-18-13/h5-6,10-11H,2-4,7-9,15H2,1H3. The van der Waals surface area contributed by atoms with Gasteiger partial charge < -0.3 is 15.2 Å².